The molecule has 1 aliphatic heterocycles. The maximum Gasteiger partial charge on any atom is 0.0296 e. The fourth-order valence-electron chi connectivity index (χ4n) is 2.61. The Morgan fingerprint density at radius 1 is 1.38 bits per heavy atom. The summed E-state index contributed by atoms with van der Waals surface area (Å²) in [6.07, 6.45) is 2.40. The van der Waals surface area contributed by atoms with Gasteiger partial charge in [0.2, 0.25) is 0 Å². The van der Waals surface area contributed by atoms with Crippen molar-refractivity contribution in [1.29, 1.82) is 0 Å². The van der Waals surface area contributed by atoms with Crippen LogP contribution in [0.1, 0.15) is 40.5 Å². The summed E-state index contributed by atoms with van der Waals surface area (Å²) >= 11 is 0. The molecule has 0 bridgehead atoms. The Morgan fingerprint density at radius 3 is 2.46 bits per heavy atom. The molecule has 1 aliphatic rings. The van der Waals surface area contributed by atoms with Gasteiger partial charge in [0.1, 0.15) is 0 Å². The van der Waals surface area contributed by atoms with Gasteiger partial charge in [-0.1, -0.05) is 27.7 Å². The van der Waals surface area contributed by atoms with Crippen molar-refractivity contribution >= 4 is 0 Å². The van der Waals surface area contributed by atoms with Gasteiger partial charge in [0.15, 0.2) is 0 Å². The maximum atomic E-state index is 6.14. The van der Waals surface area contributed by atoms with Crippen LogP contribution < -0.4 is 5.73 Å². The Kier molecular flexibility index (Phi) is 3.36. The fourth-order valence-corrected chi connectivity index (χ4v) is 2.61. The zero-order valence-electron chi connectivity index (χ0n) is 9.51. The Morgan fingerprint density at radius 2 is 2.00 bits per heavy atom. The summed E-state index contributed by atoms with van der Waals surface area (Å²) in [5, 5.41) is 0. The molecule has 13 heavy (non-hydrogen) atoms. The first-order valence-electron chi connectivity index (χ1n) is 5.46. The molecule has 0 aromatic heterocycles. The molecule has 1 rings (SSSR count). The highest BCUT2D eigenvalue weighted by molar-refractivity contribution is 4.96. The topological polar surface area (TPSA) is 29.3 Å². The zero-order chi connectivity index (χ0) is 10.1. The molecule has 0 amide bonds. The fraction of sp³-hybridized carbons (Fsp3) is 1.00. The van der Waals surface area contributed by atoms with Gasteiger partial charge in [-0.25, -0.2) is 0 Å². The van der Waals surface area contributed by atoms with Gasteiger partial charge in [-0.2, -0.15) is 0 Å². The quantitative estimate of drug-likeness (QED) is 0.709. The Labute approximate surface area is 82.5 Å². The normalized spacial score (nSPS) is 31.2. The summed E-state index contributed by atoms with van der Waals surface area (Å²) in [7, 11) is 0. The van der Waals surface area contributed by atoms with Crippen LogP contribution >= 0.6 is 0 Å². The van der Waals surface area contributed by atoms with Gasteiger partial charge >= 0.3 is 0 Å². The molecule has 2 N–H and O–H groups in total. The molecular formula is C11H24N2. The highest BCUT2D eigenvalue weighted by Gasteiger charge is 2.38. The third-order valence-electron chi connectivity index (χ3n) is 2.95. The summed E-state index contributed by atoms with van der Waals surface area (Å²) in [5.41, 5.74) is 6.47. The molecule has 2 nitrogen and oxygen atoms in total. The molecule has 1 saturated heterocycles. The average molecular weight is 184 g/mol. The molecule has 0 aliphatic carbocycles. The van der Waals surface area contributed by atoms with Crippen molar-refractivity contribution in [2.45, 2.75) is 52.6 Å². The van der Waals surface area contributed by atoms with Crippen molar-refractivity contribution in [2.75, 3.05) is 13.1 Å². The number of nitrogens with zero attached hydrogens (tertiary/aromatic N) is 1. The molecule has 1 fully saturated rings. The predicted molar refractivity (Wildman–Crippen MR) is 57.7 cm³/mol. The smallest absolute Gasteiger partial charge is 0.0296 e. The minimum absolute atomic E-state index is 0.324. The van der Waals surface area contributed by atoms with Gasteiger partial charge in [0, 0.05) is 18.6 Å². The minimum atomic E-state index is 0.324. The van der Waals surface area contributed by atoms with Gasteiger partial charge in [-0.3, -0.25) is 4.90 Å². The van der Waals surface area contributed by atoms with E-state index >= 15 is 0 Å². The van der Waals surface area contributed by atoms with Crippen LogP contribution in [-0.4, -0.2) is 30.1 Å². The van der Waals surface area contributed by atoms with E-state index in [1.54, 1.807) is 0 Å². The van der Waals surface area contributed by atoms with E-state index in [1.165, 1.54) is 25.9 Å². The van der Waals surface area contributed by atoms with Crippen molar-refractivity contribution in [3.63, 3.8) is 0 Å². The average Bonchev–Trinajstić information content (AvgIpc) is 2.31. The molecule has 0 radical (unpaired) electrons. The first-order valence-corrected chi connectivity index (χ1v) is 5.46. The number of likely N-dealkylation sites (tertiary alicyclic amines) is 1. The second-order valence-corrected chi connectivity index (χ2v) is 5.30. The van der Waals surface area contributed by atoms with Crippen molar-refractivity contribution in [3.8, 4) is 0 Å². The van der Waals surface area contributed by atoms with Crippen LogP contribution in [0.25, 0.3) is 0 Å². The lowest BCUT2D eigenvalue weighted by Gasteiger charge is -2.37. The van der Waals surface area contributed by atoms with Crippen LogP contribution in [0.15, 0.2) is 0 Å². The van der Waals surface area contributed by atoms with E-state index in [-0.39, 0.29) is 0 Å². The van der Waals surface area contributed by atoms with Crippen LogP contribution in [0.5, 0.6) is 0 Å². The molecular weight excluding hydrogens is 160 g/mol. The van der Waals surface area contributed by atoms with Crippen molar-refractivity contribution in [1.82, 2.24) is 4.90 Å². The number of hydrogen-bond donors (Lipinski definition) is 1. The van der Waals surface area contributed by atoms with Crippen LogP contribution in [-0.2, 0) is 0 Å². The third-order valence-corrected chi connectivity index (χ3v) is 2.95. The first kappa shape index (κ1) is 11.0. The van der Waals surface area contributed by atoms with Gasteiger partial charge in [-0.05, 0) is 24.8 Å². The summed E-state index contributed by atoms with van der Waals surface area (Å²) in [6.45, 7) is 11.5. The highest BCUT2D eigenvalue weighted by Crippen LogP contribution is 2.31. The summed E-state index contributed by atoms with van der Waals surface area (Å²) < 4.78 is 0. The third kappa shape index (κ3) is 2.44. The second kappa shape index (κ2) is 3.97. The van der Waals surface area contributed by atoms with Crippen molar-refractivity contribution < 1.29 is 0 Å². The van der Waals surface area contributed by atoms with Gasteiger partial charge in [0.25, 0.3) is 0 Å². The lowest BCUT2D eigenvalue weighted by atomic mass is 9.83. The van der Waals surface area contributed by atoms with Gasteiger partial charge in [0.05, 0.1) is 0 Å². The number of rotatable bonds is 2. The van der Waals surface area contributed by atoms with Crippen LogP contribution in [0.4, 0.5) is 0 Å². The Balaban J connectivity index is 2.65. The lowest BCUT2D eigenvalue weighted by Crippen LogP contribution is -2.48. The van der Waals surface area contributed by atoms with Crippen LogP contribution in [0, 0.1) is 5.41 Å². The Hall–Kier alpha value is -0.0800. The van der Waals surface area contributed by atoms with Crippen LogP contribution in [0.3, 0.4) is 0 Å². The molecule has 1 heterocycles. The Bertz CT molecular complexity index is 158. The molecule has 0 aromatic carbocycles. The van der Waals surface area contributed by atoms with E-state index in [4.69, 9.17) is 5.73 Å². The molecule has 0 saturated carbocycles. The SMILES string of the molecule is CCCN1CC[C@@H](N)[C@@H]1C(C)(C)C. The summed E-state index contributed by atoms with van der Waals surface area (Å²) in [4.78, 5) is 2.56. The molecule has 0 aromatic rings. The molecule has 2 heteroatoms. The predicted octanol–water partition coefficient (Wildman–Crippen LogP) is 1.84. The maximum absolute atomic E-state index is 6.14. The monoisotopic (exact) mass is 184 g/mol. The highest BCUT2D eigenvalue weighted by atomic mass is 15.2. The van der Waals surface area contributed by atoms with E-state index in [0.717, 1.165) is 0 Å². The van der Waals surface area contributed by atoms with Crippen molar-refractivity contribution in [3.05, 3.63) is 0 Å². The number of hydrogen-bond acceptors (Lipinski definition) is 2. The van der Waals surface area contributed by atoms with E-state index in [0.29, 0.717) is 17.5 Å². The summed E-state index contributed by atoms with van der Waals surface area (Å²) in [5.74, 6) is 0. The van der Waals surface area contributed by atoms with Crippen LogP contribution in [0.2, 0.25) is 0 Å². The minimum Gasteiger partial charge on any atom is -0.326 e. The van der Waals surface area contributed by atoms with Crippen molar-refractivity contribution in [2.24, 2.45) is 11.1 Å². The molecule has 0 unspecified atom stereocenters. The zero-order valence-corrected chi connectivity index (χ0v) is 9.51. The lowest BCUT2D eigenvalue weighted by molar-refractivity contribution is 0.131. The molecule has 0 spiro atoms. The van der Waals surface area contributed by atoms with E-state index in [9.17, 15) is 0 Å². The van der Waals surface area contributed by atoms with E-state index in [1.807, 2.05) is 0 Å². The van der Waals surface area contributed by atoms with E-state index in [2.05, 4.69) is 32.6 Å². The van der Waals surface area contributed by atoms with E-state index < -0.39 is 0 Å². The standard InChI is InChI=1S/C11H24N2/c1-5-7-13-8-6-9(12)10(13)11(2,3)4/h9-10H,5-8,12H2,1-4H3/t9-,10-/m1/s1. The van der Waals surface area contributed by atoms with Gasteiger partial charge in [-0.15, -0.1) is 0 Å². The largest absolute Gasteiger partial charge is 0.326 e. The molecule has 78 valence electrons. The van der Waals surface area contributed by atoms with Gasteiger partial charge < -0.3 is 5.73 Å². The summed E-state index contributed by atoms with van der Waals surface area (Å²) in [6, 6.07) is 0.957. The number of nitrogens with two attached hydrogens (primary N) is 1. The second-order valence-electron chi connectivity index (χ2n) is 5.30. The first-order chi connectivity index (χ1) is 5.96. The molecule has 2 atom stereocenters.